The Morgan fingerprint density at radius 2 is 1.63 bits per heavy atom. The van der Waals surface area contributed by atoms with Gasteiger partial charge in [0.15, 0.2) is 5.58 Å². The Hall–Kier alpha value is -3.85. The number of rotatable bonds is 4. The van der Waals surface area contributed by atoms with Gasteiger partial charge < -0.3 is 8.83 Å². The van der Waals surface area contributed by atoms with Crippen molar-refractivity contribution in [3.63, 3.8) is 0 Å². The van der Waals surface area contributed by atoms with Crippen molar-refractivity contribution in [1.82, 2.24) is 4.98 Å². The summed E-state index contributed by atoms with van der Waals surface area (Å²) < 4.78 is 13.1. The van der Waals surface area contributed by atoms with E-state index in [9.17, 15) is 0 Å². The summed E-state index contributed by atoms with van der Waals surface area (Å²) in [4.78, 5) is 4.86. The van der Waals surface area contributed by atoms with Crippen LogP contribution in [0.1, 0.15) is 57.1 Å². The van der Waals surface area contributed by atoms with Gasteiger partial charge in [-0.05, 0) is 71.3 Å². The van der Waals surface area contributed by atoms with Gasteiger partial charge in [-0.2, -0.15) is 0 Å². The highest BCUT2D eigenvalue weighted by molar-refractivity contribution is 6.02. The van der Waals surface area contributed by atoms with Crippen molar-refractivity contribution in [3.8, 4) is 22.6 Å². The summed E-state index contributed by atoms with van der Waals surface area (Å²) in [6, 6.07) is 21.5. The van der Waals surface area contributed by atoms with Crippen LogP contribution in [0.2, 0.25) is 0 Å². The lowest BCUT2D eigenvalue weighted by atomic mass is 9.82. The maximum Gasteiger partial charge on any atom is 0.161 e. The van der Waals surface area contributed by atoms with Crippen LogP contribution in [0.4, 0.5) is 0 Å². The second kappa shape index (κ2) is 8.87. The highest BCUT2D eigenvalue weighted by atomic mass is 16.3. The van der Waals surface area contributed by atoms with Crippen LogP contribution in [0.5, 0.6) is 0 Å². The number of nitrogens with zero attached hydrogens (tertiary/aromatic N) is 1. The van der Waals surface area contributed by atoms with Crippen molar-refractivity contribution >= 4 is 32.7 Å². The van der Waals surface area contributed by atoms with E-state index in [-0.39, 0.29) is 5.41 Å². The van der Waals surface area contributed by atoms with Crippen LogP contribution in [0.15, 0.2) is 75.7 Å². The van der Waals surface area contributed by atoms with E-state index in [1.807, 2.05) is 6.20 Å². The fourth-order valence-electron chi connectivity index (χ4n) is 5.78. The summed E-state index contributed by atoms with van der Waals surface area (Å²) in [6.07, 6.45) is 2.82. The monoisotopic (exact) mass is 501 g/mol. The second-order valence-corrected chi connectivity index (χ2v) is 12.0. The molecule has 3 aromatic heterocycles. The summed E-state index contributed by atoms with van der Waals surface area (Å²) in [6.45, 7) is 15.6. The highest BCUT2D eigenvalue weighted by Crippen LogP contribution is 2.43. The first kappa shape index (κ1) is 24.5. The van der Waals surface area contributed by atoms with E-state index in [0.29, 0.717) is 5.92 Å². The number of pyridine rings is 1. The molecule has 0 bridgehead atoms. The molecule has 38 heavy (non-hydrogen) atoms. The molecule has 0 saturated carbocycles. The first-order chi connectivity index (χ1) is 18.1. The summed E-state index contributed by atoms with van der Waals surface area (Å²) >= 11 is 0. The van der Waals surface area contributed by atoms with Crippen LogP contribution in [-0.2, 0) is 11.8 Å². The van der Waals surface area contributed by atoms with E-state index in [1.54, 1.807) is 0 Å². The SMILES string of the molecule is Cc1c(-c2cccc3oc(CC(C)C)c(C)c23)oc2c(-c3cc(C(C)(C)C)c4ccccc4c3)nccc12. The minimum Gasteiger partial charge on any atom is -0.461 e. The smallest absolute Gasteiger partial charge is 0.161 e. The molecule has 6 rings (SSSR count). The quantitative estimate of drug-likeness (QED) is 0.241. The van der Waals surface area contributed by atoms with E-state index in [2.05, 4.69) is 109 Å². The highest BCUT2D eigenvalue weighted by Gasteiger charge is 2.23. The van der Waals surface area contributed by atoms with Gasteiger partial charge in [-0.1, -0.05) is 71.0 Å². The van der Waals surface area contributed by atoms with E-state index in [4.69, 9.17) is 13.8 Å². The third kappa shape index (κ3) is 3.93. The van der Waals surface area contributed by atoms with Crippen molar-refractivity contribution in [1.29, 1.82) is 0 Å². The first-order valence-corrected chi connectivity index (χ1v) is 13.6. The molecular formula is C35H35NO2. The van der Waals surface area contributed by atoms with Crippen molar-refractivity contribution in [2.45, 2.75) is 60.3 Å². The summed E-state index contributed by atoms with van der Waals surface area (Å²) in [5.41, 5.74) is 8.41. The average molecular weight is 502 g/mol. The number of aryl methyl sites for hydroxylation is 2. The standard InChI is InChI=1S/C35H35NO2/c1-20(2)17-30-22(4)31-27(13-10-14-29(31)37-30)33-21(3)25-15-16-36-32(34(25)38-33)24-18-23-11-8-9-12-26(23)28(19-24)35(5,6)7/h8-16,18-20H,17H2,1-7H3. The molecule has 0 aliphatic rings. The fourth-order valence-corrected chi connectivity index (χ4v) is 5.78. The van der Waals surface area contributed by atoms with E-state index < -0.39 is 0 Å². The molecule has 0 atom stereocenters. The largest absolute Gasteiger partial charge is 0.461 e. The van der Waals surface area contributed by atoms with Gasteiger partial charge in [-0.3, -0.25) is 4.98 Å². The van der Waals surface area contributed by atoms with Crippen LogP contribution in [0.25, 0.3) is 55.3 Å². The summed E-state index contributed by atoms with van der Waals surface area (Å²) in [5.74, 6) is 2.47. The molecule has 3 heterocycles. The lowest BCUT2D eigenvalue weighted by molar-refractivity contribution is 0.496. The number of fused-ring (bicyclic) bond motifs is 3. The average Bonchev–Trinajstić information content (AvgIpc) is 3.38. The molecule has 3 nitrogen and oxygen atoms in total. The molecule has 0 spiro atoms. The maximum atomic E-state index is 6.76. The molecule has 0 radical (unpaired) electrons. The van der Waals surface area contributed by atoms with Gasteiger partial charge in [0.1, 0.15) is 22.8 Å². The van der Waals surface area contributed by atoms with Crippen LogP contribution in [0, 0.1) is 19.8 Å². The van der Waals surface area contributed by atoms with Gasteiger partial charge in [0.25, 0.3) is 0 Å². The molecule has 3 aromatic carbocycles. The molecule has 3 heteroatoms. The zero-order valence-electron chi connectivity index (χ0n) is 23.4. The van der Waals surface area contributed by atoms with Gasteiger partial charge in [0.2, 0.25) is 0 Å². The summed E-state index contributed by atoms with van der Waals surface area (Å²) in [7, 11) is 0. The number of furan rings is 2. The Morgan fingerprint density at radius 1 is 0.842 bits per heavy atom. The molecule has 0 fully saturated rings. The molecule has 0 aliphatic carbocycles. The van der Waals surface area contributed by atoms with Crippen molar-refractivity contribution in [3.05, 3.63) is 89.3 Å². The Bertz CT molecular complexity index is 1820. The number of benzene rings is 3. The van der Waals surface area contributed by atoms with Crippen LogP contribution in [0.3, 0.4) is 0 Å². The molecule has 0 unspecified atom stereocenters. The van der Waals surface area contributed by atoms with Gasteiger partial charge in [-0.25, -0.2) is 0 Å². The van der Waals surface area contributed by atoms with E-state index in [1.165, 1.54) is 21.9 Å². The van der Waals surface area contributed by atoms with Crippen LogP contribution >= 0.6 is 0 Å². The first-order valence-electron chi connectivity index (χ1n) is 13.6. The van der Waals surface area contributed by atoms with Crippen molar-refractivity contribution < 1.29 is 8.83 Å². The predicted molar refractivity (Wildman–Crippen MR) is 159 cm³/mol. The topological polar surface area (TPSA) is 39.2 Å². The fraction of sp³-hybridized carbons (Fsp3) is 0.286. The zero-order valence-corrected chi connectivity index (χ0v) is 23.4. The Morgan fingerprint density at radius 3 is 2.39 bits per heavy atom. The van der Waals surface area contributed by atoms with Crippen molar-refractivity contribution in [2.24, 2.45) is 5.92 Å². The van der Waals surface area contributed by atoms with E-state index in [0.717, 1.165) is 62.3 Å². The minimum absolute atomic E-state index is 0.00407. The van der Waals surface area contributed by atoms with Crippen LogP contribution in [-0.4, -0.2) is 4.98 Å². The molecule has 192 valence electrons. The Balaban J connectivity index is 1.59. The lowest BCUT2D eigenvalue weighted by Gasteiger charge is -2.22. The van der Waals surface area contributed by atoms with Gasteiger partial charge in [0.05, 0.1) is 0 Å². The number of hydrogen-bond acceptors (Lipinski definition) is 3. The van der Waals surface area contributed by atoms with Crippen molar-refractivity contribution in [2.75, 3.05) is 0 Å². The maximum absolute atomic E-state index is 6.76. The third-order valence-corrected chi connectivity index (χ3v) is 7.69. The van der Waals surface area contributed by atoms with Gasteiger partial charge in [0, 0.05) is 40.1 Å². The molecule has 0 N–H and O–H groups in total. The Labute approximate surface area is 224 Å². The molecule has 6 aromatic rings. The number of aromatic nitrogens is 1. The number of hydrogen-bond donors (Lipinski definition) is 0. The van der Waals surface area contributed by atoms with Gasteiger partial charge >= 0.3 is 0 Å². The normalized spacial score (nSPS) is 12.4. The molecule has 0 amide bonds. The predicted octanol–water partition coefficient (Wildman–Crippen LogP) is 10.2. The van der Waals surface area contributed by atoms with E-state index >= 15 is 0 Å². The molecule has 0 saturated heterocycles. The lowest BCUT2D eigenvalue weighted by Crippen LogP contribution is -2.12. The molecule has 0 aliphatic heterocycles. The van der Waals surface area contributed by atoms with Gasteiger partial charge in [-0.15, -0.1) is 0 Å². The molecular weight excluding hydrogens is 466 g/mol. The van der Waals surface area contributed by atoms with Crippen LogP contribution < -0.4 is 0 Å². The second-order valence-electron chi connectivity index (χ2n) is 12.0. The zero-order chi connectivity index (χ0) is 26.8. The minimum atomic E-state index is -0.00407. The Kier molecular flexibility index (Phi) is 5.72. The third-order valence-electron chi connectivity index (χ3n) is 7.69. The summed E-state index contributed by atoms with van der Waals surface area (Å²) in [5, 5.41) is 4.73.